The Balaban J connectivity index is 2.26. The van der Waals surface area contributed by atoms with Crippen molar-refractivity contribution in [3.05, 3.63) is 24.0 Å². The second-order valence-electron chi connectivity index (χ2n) is 3.11. The first kappa shape index (κ1) is 11.5. The minimum absolute atomic E-state index is 0.179. The number of rotatable bonds is 5. The molecule has 0 aliphatic rings. The van der Waals surface area contributed by atoms with Crippen molar-refractivity contribution in [1.82, 2.24) is 10.4 Å². The summed E-state index contributed by atoms with van der Waals surface area (Å²) in [7, 11) is 0. The molecule has 1 heterocycles. The number of nitrogens with zero attached hydrogens (tertiary/aromatic N) is 1. The van der Waals surface area contributed by atoms with Crippen molar-refractivity contribution in [3.8, 4) is 5.75 Å². The Hall–Kier alpha value is -1.62. The summed E-state index contributed by atoms with van der Waals surface area (Å²) in [5.41, 5.74) is 2.92. The van der Waals surface area contributed by atoms with Crippen LogP contribution in [0.5, 0.6) is 5.75 Å². The molecule has 1 rings (SSSR count). The summed E-state index contributed by atoms with van der Waals surface area (Å²) in [6.45, 7) is 2.36. The van der Waals surface area contributed by atoms with E-state index in [1.807, 2.05) is 19.1 Å². The van der Waals surface area contributed by atoms with Gasteiger partial charge in [-0.1, -0.05) is 0 Å². The van der Waals surface area contributed by atoms with E-state index in [1.165, 1.54) is 0 Å². The minimum atomic E-state index is -0.179. The Morgan fingerprint density at radius 2 is 2.47 bits per heavy atom. The van der Waals surface area contributed by atoms with E-state index in [4.69, 9.17) is 10.6 Å². The average Bonchev–Trinajstić information content (AvgIpc) is 2.26. The van der Waals surface area contributed by atoms with Gasteiger partial charge < -0.3 is 4.74 Å². The summed E-state index contributed by atoms with van der Waals surface area (Å²) in [6.07, 6.45) is 2.72. The number of hydrogen-bond acceptors (Lipinski definition) is 4. The number of nitrogens with two attached hydrogens (primary N) is 1. The molecule has 82 valence electrons. The van der Waals surface area contributed by atoms with Crippen LogP contribution in [0, 0.1) is 6.92 Å². The maximum absolute atomic E-state index is 10.8. The van der Waals surface area contributed by atoms with Gasteiger partial charge in [0.05, 0.1) is 12.3 Å². The highest BCUT2D eigenvalue weighted by atomic mass is 16.5. The van der Waals surface area contributed by atoms with Crippen LogP contribution in [-0.2, 0) is 4.79 Å². The molecule has 5 nitrogen and oxygen atoms in total. The van der Waals surface area contributed by atoms with Crippen LogP contribution < -0.4 is 16.0 Å². The number of aromatic nitrogens is 1. The SMILES string of the molecule is Cc1ncccc1OCCCC(=O)NN. The third kappa shape index (κ3) is 3.95. The Labute approximate surface area is 88.6 Å². The molecule has 0 unspecified atom stereocenters. The molecule has 0 aliphatic carbocycles. The number of carbonyl (C=O) groups excluding carboxylic acids is 1. The van der Waals surface area contributed by atoms with Crippen molar-refractivity contribution in [2.45, 2.75) is 19.8 Å². The first-order chi connectivity index (χ1) is 7.24. The fourth-order valence-corrected chi connectivity index (χ4v) is 1.11. The summed E-state index contributed by atoms with van der Waals surface area (Å²) in [5.74, 6) is 5.52. The van der Waals surface area contributed by atoms with E-state index in [-0.39, 0.29) is 5.91 Å². The zero-order valence-electron chi connectivity index (χ0n) is 8.69. The molecule has 0 spiro atoms. The maximum atomic E-state index is 10.8. The molecule has 1 aromatic heterocycles. The number of hydrogen-bond donors (Lipinski definition) is 2. The minimum Gasteiger partial charge on any atom is -0.492 e. The second kappa shape index (κ2) is 5.98. The number of hydrazine groups is 1. The average molecular weight is 209 g/mol. The Bertz CT molecular complexity index is 328. The first-order valence-electron chi connectivity index (χ1n) is 4.78. The van der Waals surface area contributed by atoms with Crippen LogP contribution in [0.2, 0.25) is 0 Å². The maximum Gasteiger partial charge on any atom is 0.234 e. The van der Waals surface area contributed by atoms with Crippen LogP contribution in [0.25, 0.3) is 0 Å². The lowest BCUT2D eigenvalue weighted by Crippen LogP contribution is -2.29. The molecule has 0 atom stereocenters. The lowest BCUT2D eigenvalue weighted by molar-refractivity contribution is -0.121. The summed E-state index contributed by atoms with van der Waals surface area (Å²) in [5, 5.41) is 0. The highest BCUT2D eigenvalue weighted by Crippen LogP contribution is 2.13. The lowest BCUT2D eigenvalue weighted by atomic mass is 10.3. The smallest absolute Gasteiger partial charge is 0.234 e. The third-order valence-corrected chi connectivity index (χ3v) is 1.93. The summed E-state index contributed by atoms with van der Waals surface area (Å²) in [4.78, 5) is 14.9. The molecular formula is C10H15N3O2. The summed E-state index contributed by atoms with van der Waals surface area (Å²) < 4.78 is 5.45. The highest BCUT2D eigenvalue weighted by Gasteiger charge is 2.00. The number of ether oxygens (including phenoxy) is 1. The Kier molecular flexibility index (Phi) is 4.56. The standard InChI is InChI=1S/C10H15N3O2/c1-8-9(4-2-6-12-8)15-7-3-5-10(14)13-11/h2,4,6H,3,5,7,11H2,1H3,(H,13,14). The second-order valence-corrected chi connectivity index (χ2v) is 3.11. The largest absolute Gasteiger partial charge is 0.492 e. The zero-order chi connectivity index (χ0) is 11.1. The van der Waals surface area contributed by atoms with Gasteiger partial charge in [0.2, 0.25) is 5.91 Å². The number of amides is 1. The number of pyridine rings is 1. The van der Waals surface area contributed by atoms with Crippen molar-refractivity contribution in [1.29, 1.82) is 0 Å². The molecule has 3 N–H and O–H groups in total. The molecule has 1 amide bonds. The Morgan fingerprint density at radius 3 is 3.13 bits per heavy atom. The zero-order valence-corrected chi connectivity index (χ0v) is 8.69. The van der Waals surface area contributed by atoms with Gasteiger partial charge in [0, 0.05) is 12.6 Å². The van der Waals surface area contributed by atoms with E-state index >= 15 is 0 Å². The van der Waals surface area contributed by atoms with Gasteiger partial charge in [-0.2, -0.15) is 0 Å². The van der Waals surface area contributed by atoms with E-state index in [1.54, 1.807) is 6.20 Å². The van der Waals surface area contributed by atoms with E-state index in [0.717, 1.165) is 11.4 Å². The predicted octanol–water partition coefficient (Wildman–Crippen LogP) is 0.539. The topological polar surface area (TPSA) is 77.2 Å². The fraction of sp³-hybridized carbons (Fsp3) is 0.400. The van der Waals surface area contributed by atoms with Crippen molar-refractivity contribution in [2.75, 3.05) is 6.61 Å². The molecule has 0 saturated heterocycles. The van der Waals surface area contributed by atoms with Crippen LogP contribution in [0.1, 0.15) is 18.5 Å². The molecular weight excluding hydrogens is 194 g/mol. The van der Waals surface area contributed by atoms with Gasteiger partial charge in [-0.15, -0.1) is 0 Å². The fourth-order valence-electron chi connectivity index (χ4n) is 1.11. The molecule has 0 saturated carbocycles. The molecule has 0 aliphatic heterocycles. The number of nitrogens with one attached hydrogen (secondary N) is 1. The first-order valence-corrected chi connectivity index (χ1v) is 4.78. The van der Waals surface area contributed by atoms with Gasteiger partial charge in [0.25, 0.3) is 0 Å². The molecule has 0 bridgehead atoms. The lowest BCUT2D eigenvalue weighted by Gasteiger charge is -2.07. The van der Waals surface area contributed by atoms with Gasteiger partial charge in [0.15, 0.2) is 0 Å². The van der Waals surface area contributed by atoms with Crippen LogP contribution >= 0.6 is 0 Å². The monoisotopic (exact) mass is 209 g/mol. The number of aryl methyl sites for hydroxylation is 1. The van der Waals surface area contributed by atoms with E-state index in [0.29, 0.717) is 19.4 Å². The normalized spacial score (nSPS) is 9.73. The number of carbonyl (C=O) groups is 1. The van der Waals surface area contributed by atoms with E-state index in [2.05, 4.69) is 10.4 Å². The van der Waals surface area contributed by atoms with Crippen LogP contribution in [0.4, 0.5) is 0 Å². The molecule has 0 aromatic carbocycles. The molecule has 5 heteroatoms. The summed E-state index contributed by atoms with van der Waals surface area (Å²) >= 11 is 0. The quantitative estimate of drug-likeness (QED) is 0.321. The van der Waals surface area contributed by atoms with E-state index < -0.39 is 0 Å². The van der Waals surface area contributed by atoms with Gasteiger partial charge >= 0.3 is 0 Å². The predicted molar refractivity (Wildman–Crippen MR) is 56.0 cm³/mol. The summed E-state index contributed by atoms with van der Waals surface area (Å²) in [6, 6.07) is 3.67. The molecule has 1 aromatic rings. The van der Waals surface area contributed by atoms with Crippen LogP contribution in [0.15, 0.2) is 18.3 Å². The van der Waals surface area contributed by atoms with Crippen molar-refractivity contribution < 1.29 is 9.53 Å². The molecule has 0 fully saturated rings. The third-order valence-electron chi connectivity index (χ3n) is 1.93. The van der Waals surface area contributed by atoms with Crippen LogP contribution in [-0.4, -0.2) is 17.5 Å². The van der Waals surface area contributed by atoms with Gasteiger partial charge in [-0.05, 0) is 25.5 Å². The van der Waals surface area contributed by atoms with Gasteiger partial charge in [0.1, 0.15) is 5.75 Å². The van der Waals surface area contributed by atoms with Crippen LogP contribution in [0.3, 0.4) is 0 Å². The van der Waals surface area contributed by atoms with E-state index in [9.17, 15) is 4.79 Å². The van der Waals surface area contributed by atoms with Crippen molar-refractivity contribution >= 4 is 5.91 Å². The Morgan fingerprint density at radius 1 is 1.67 bits per heavy atom. The van der Waals surface area contributed by atoms with Gasteiger partial charge in [-0.25, -0.2) is 5.84 Å². The molecule has 15 heavy (non-hydrogen) atoms. The van der Waals surface area contributed by atoms with Gasteiger partial charge in [-0.3, -0.25) is 15.2 Å². The highest BCUT2D eigenvalue weighted by molar-refractivity contribution is 5.75. The van der Waals surface area contributed by atoms with Crippen molar-refractivity contribution in [2.24, 2.45) is 5.84 Å². The molecule has 0 radical (unpaired) electrons. The van der Waals surface area contributed by atoms with Crippen molar-refractivity contribution in [3.63, 3.8) is 0 Å².